The van der Waals surface area contributed by atoms with E-state index in [0.717, 1.165) is 12.4 Å². The Hall–Kier alpha value is -1.36. The first kappa shape index (κ1) is 13.1. The molecule has 1 aromatic heterocycles. The van der Waals surface area contributed by atoms with Gasteiger partial charge in [-0.15, -0.1) is 0 Å². The fourth-order valence-corrected chi connectivity index (χ4v) is 2.54. The van der Waals surface area contributed by atoms with Crippen LogP contribution in [0.1, 0.15) is 19.3 Å². The van der Waals surface area contributed by atoms with E-state index in [1.54, 1.807) is 6.20 Å². The van der Waals surface area contributed by atoms with Crippen LogP contribution in [0, 0.1) is 0 Å². The average Bonchev–Trinajstić information content (AvgIpc) is 2.33. The second-order valence-corrected chi connectivity index (χ2v) is 5.32. The SMILES string of the molecule is CNc1nccc(N(C)CC2(N(C)C)CCC2)n1. The molecule has 1 aliphatic rings. The van der Waals surface area contributed by atoms with Gasteiger partial charge in [0.15, 0.2) is 0 Å². The van der Waals surface area contributed by atoms with Gasteiger partial charge in [0.05, 0.1) is 0 Å². The van der Waals surface area contributed by atoms with Crippen LogP contribution in [0.3, 0.4) is 0 Å². The zero-order chi connectivity index (χ0) is 13.2. The Bertz CT molecular complexity index is 400. The van der Waals surface area contributed by atoms with Crippen LogP contribution in [0.4, 0.5) is 11.8 Å². The molecule has 0 unspecified atom stereocenters. The Kier molecular flexibility index (Phi) is 3.71. The number of nitrogens with zero attached hydrogens (tertiary/aromatic N) is 4. The van der Waals surface area contributed by atoms with Crippen molar-refractivity contribution in [3.05, 3.63) is 12.3 Å². The van der Waals surface area contributed by atoms with Crippen molar-refractivity contribution >= 4 is 11.8 Å². The van der Waals surface area contributed by atoms with E-state index in [2.05, 4.69) is 46.2 Å². The maximum atomic E-state index is 4.48. The molecule has 0 amide bonds. The molecular weight excluding hydrogens is 226 g/mol. The summed E-state index contributed by atoms with van der Waals surface area (Å²) in [7, 11) is 8.29. The monoisotopic (exact) mass is 249 g/mol. The number of rotatable bonds is 5. The van der Waals surface area contributed by atoms with Crippen LogP contribution in [-0.4, -0.2) is 55.1 Å². The summed E-state index contributed by atoms with van der Waals surface area (Å²) in [6.07, 6.45) is 5.67. The summed E-state index contributed by atoms with van der Waals surface area (Å²) < 4.78 is 0. The van der Waals surface area contributed by atoms with Crippen molar-refractivity contribution in [1.29, 1.82) is 0 Å². The minimum absolute atomic E-state index is 0.319. The molecule has 1 heterocycles. The molecule has 1 saturated carbocycles. The lowest BCUT2D eigenvalue weighted by atomic mass is 9.75. The molecule has 1 fully saturated rings. The Labute approximate surface area is 109 Å². The lowest BCUT2D eigenvalue weighted by molar-refractivity contribution is 0.0682. The first-order chi connectivity index (χ1) is 8.57. The zero-order valence-electron chi connectivity index (χ0n) is 11.8. The molecule has 2 rings (SSSR count). The third-order valence-corrected chi connectivity index (χ3v) is 4.02. The lowest BCUT2D eigenvalue weighted by Gasteiger charge is -2.49. The fraction of sp³-hybridized carbons (Fsp3) is 0.692. The quantitative estimate of drug-likeness (QED) is 0.855. The Balaban J connectivity index is 2.09. The van der Waals surface area contributed by atoms with Gasteiger partial charge in [0, 0.05) is 32.4 Å². The highest BCUT2D eigenvalue weighted by molar-refractivity contribution is 5.42. The number of nitrogens with one attached hydrogen (secondary N) is 1. The van der Waals surface area contributed by atoms with E-state index in [1.807, 2.05) is 13.1 Å². The smallest absolute Gasteiger partial charge is 0.224 e. The highest BCUT2D eigenvalue weighted by atomic mass is 15.3. The van der Waals surface area contributed by atoms with Gasteiger partial charge in [-0.1, -0.05) is 0 Å². The van der Waals surface area contributed by atoms with Crippen molar-refractivity contribution in [2.75, 3.05) is 45.0 Å². The molecule has 1 N–H and O–H groups in total. The molecule has 0 aliphatic heterocycles. The van der Waals surface area contributed by atoms with Crippen molar-refractivity contribution in [2.24, 2.45) is 0 Å². The molecule has 0 atom stereocenters. The van der Waals surface area contributed by atoms with Crippen molar-refractivity contribution < 1.29 is 0 Å². The molecule has 18 heavy (non-hydrogen) atoms. The van der Waals surface area contributed by atoms with E-state index in [9.17, 15) is 0 Å². The van der Waals surface area contributed by atoms with Crippen LogP contribution in [-0.2, 0) is 0 Å². The number of anilines is 2. The highest BCUT2D eigenvalue weighted by Crippen LogP contribution is 2.37. The summed E-state index contributed by atoms with van der Waals surface area (Å²) in [6, 6.07) is 1.96. The van der Waals surface area contributed by atoms with Gasteiger partial charge in [0.25, 0.3) is 0 Å². The number of aromatic nitrogens is 2. The molecule has 1 aliphatic carbocycles. The minimum Gasteiger partial charge on any atom is -0.358 e. The van der Waals surface area contributed by atoms with E-state index < -0.39 is 0 Å². The molecule has 0 bridgehead atoms. The highest BCUT2D eigenvalue weighted by Gasteiger charge is 2.40. The van der Waals surface area contributed by atoms with Gasteiger partial charge in [0.1, 0.15) is 5.82 Å². The van der Waals surface area contributed by atoms with Crippen LogP contribution in [0.25, 0.3) is 0 Å². The molecule has 0 radical (unpaired) electrons. The van der Waals surface area contributed by atoms with E-state index in [-0.39, 0.29) is 0 Å². The van der Waals surface area contributed by atoms with Gasteiger partial charge < -0.3 is 15.1 Å². The van der Waals surface area contributed by atoms with Crippen LogP contribution in [0.2, 0.25) is 0 Å². The lowest BCUT2D eigenvalue weighted by Crippen LogP contribution is -2.56. The van der Waals surface area contributed by atoms with Gasteiger partial charge in [0.2, 0.25) is 5.95 Å². The third kappa shape index (κ3) is 2.41. The largest absolute Gasteiger partial charge is 0.358 e. The molecule has 1 aromatic rings. The van der Waals surface area contributed by atoms with Gasteiger partial charge in [-0.05, 0) is 39.4 Å². The van der Waals surface area contributed by atoms with E-state index in [1.165, 1.54) is 19.3 Å². The molecular formula is C13H23N5. The van der Waals surface area contributed by atoms with Crippen LogP contribution in [0.5, 0.6) is 0 Å². The predicted octanol–water partition coefficient (Wildman–Crippen LogP) is 1.44. The Morgan fingerprint density at radius 1 is 1.33 bits per heavy atom. The zero-order valence-corrected chi connectivity index (χ0v) is 11.8. The summed E-state index contributed by atoms with van der Waals surface area (Å²) >= 11 is 0. The van der Waals surface area contributed by atoms with Gasteiger partial charge in [-0.25, -0.2) is 4.98 Å². The summed E-state index contributed by atoms with van der Waals surface area (Å²) in [6.45, 7) is 1.01. The summed E-state index contributed by atoms with van der Waals surface area (Å²) in [5.41, 5.74) is 0.319. The molecule has 5 nitrogen and oxygen atoms in total. The first-order valence-electron chi connectivity index (χ1n) is 6.47. The third-order valence-electron chi connectivity index (χ3n) is 4.02. The molecule has 0 spiro atoms. The van der Waals surface area contributed by atoms with Crippen molar-refractivity contribution in [1.82, 2.24) is 14.9 Å². The van der Waals surface area contributed by atoms with Crippen molar-refractivity contribution in [3.8, 4) is 0 Å². The van der Waals surface area contributed by atoms with Gasteiger partial charge in [-0.2, -0.15) is 4.98 Å². The Morgan fingerprint density at radius 3 is 2.56 bits per heavy atom. The summed E-state index contributed by atoms with van der Waals surface area (Å²) in [5.74, 6) is 1.65. The number of hydrogen-bond acceptors (Lipinski definition) is 5. The summed E-state index contributed by atoms with van der Waals surface area (Å²) in [5, 5.41) is 2.98. The molecule has 0 saturated heterocycles. The average molecular weight is 249 g/mol. The van der Waals surface area contributed by atoms with Crippen LogP contribution in [0.15, 0.2) is 12.3 Å². The standard InChI is InChI=1S/C13H23N5/c1-14-12-15-9-6-11(16-12)18(4)10-13(17(2)3)7-5-8-13/h6,9H,5,7-8,10H2,1-4H3,(H,14,15,16). The number of likely N-dealkylation sites (N-methyl/N-ethyl adjacent to an activating group) is 2. The Morgan fingerprint density at radius 2 is 2.06 bits per heavy atom. The van der Waals surface area contributed by atoms with E-state index in [4.69, 9.17) is 0 Å². The van der Waals surface area contributed by atoms with Crippen molar-refractivity contribution in [2.45, 2.75) is 24.8 Å². The maximum absolute atomic E-state index is 4.48. The number of hydrogen-bond donors (Lipinski definition) is 1. The maximum Gasteiger partial charge on any atom is 0.224 e. The second kappa shape index (κ2) is 5.10. The van der Waals surface area contributed by atoms with Gasteiger partial charge >= 0.3 is 0 Å². The second-order valence-electron chi connectivity index (χ2n) is 5.32. The van der Waals surface area contributed by atoms with Crippen LogP contribution >= 0.6 is 0 Å². The predicted molar refractivity (Wildman–Crippen MR) is 75.1 cm³/mol. The normalized spacial score (nSPS) is 17.4. The molecule has 5 heteroatoms. The first-order valence-corrected chi connectivity index (χ1v) is 6.47. The minimum atomic E-state index is 0.319. The van der Waals surface area contributed by atoms with E-state index in [0.29, 0.717) is 11.5 Å². The fourth-order valence-electron chi connectivity index (χ4n) is 2.54. The summed E-state index contributed by atoms with van der Waals surface area (Å²) in [4.78, 5) is 13.2. The van der Waals surface area contributed by atoms with Crippen molar-refractivity contribution in [3.63, 3.8) is 0 Å². The van der Waals surface area contributed by atoms with Gasteiger partial charge in [-0.3, -0.25) is 0 Å². The molecule has 0 aromatic carbocycles. The molecule has 100 valence electrons. The van der Waals surface area contributed by atoms with Crippen LogP contribution < -0.4 is 10.2 Å². The topological polar surface area (TPSA) is 44.3 Å². The van der Waals surface area contributed by atoms with E-state index >= 15 is 0 Å².